The second-order valence-electron chi connectivity index (χ2n) is 3.45. The van der Waals surface area contributed by atoms with Crippen LogP contribution in [-0.2, 0) is 9.59 Å². The number of rotatable bonds is 4. The van der Waals surface area contributed by atoms with E-state index in [0.717, 1.165) is 6.42 Å². The number of ketones is 2. The first kappa shape index (κ1) is 10.3. The molecule has 0 saturated heterocycles. The fourth-order valence-corrected chi connectivity index (χ4v) is 1.16. The minimum Gasteiger partial charge on any atom is -0.291 e. The summed E-state index contributed by atoms with van der Waals surface area (Å²) in [6, 6.07) is 0. The van der Waals surface area contributed by atoms with Gasteiger partial charge in [0.2, 0.25) is 5.78 Å². The van der Waals surface area contributed by atoms with E-state index in [-0.39, 0.29) is 17.5 Å². The largest absolute Gasteiger partial charge is 0.291 e. The molecule has 64 valence electrons. The van der Waals surface area contributed by atoms with Gasteiger partial charge in [-0.2, -0.15) is 0 Å². The third-order valence-corrected chi connectivity index (χ3v) is 1.62. The molecule has 0 N–H and O–H groups in total. The summed E-state index contributed by atoms with van der Waals surface area (Å²) in [5, 5.41) is 0. The van der Waals surface area contributed by atoms with E-state index < -0.39 is 0 Å². The van der Waals surface area contributed by atoms with Crippen molar-refractivity contribution in [3.63, 3.8) is 0 Å². The third kappa shape index (κ3) is 3.91. The van der Waals surface area contributed by atoms with E-state index in [0.29, 0.717) is 5.92 Å². The van der Waals surface area contributed by atoms with Crippen molar-refractivity contribution in [1.29, 1.82) is 0 Å². The average Bonchev–Trinajstić information content (AvgIpc) is 1.84. The van der Waals surface area contributed by atoms with Gasteiger partial charge in [-0.3, -0.25) is 9.59 Å². The molecule has 0 amide bonds. The Kier molecular flexibility index (Phi) is 4.01. The summed E-state index contributed by atoms with van der Waals surface area (Å²) in [6.45, 7) is 7.23. The molecule has 0 aromatic carbocycles. The van der Waals surface area contributed by atoms with Crippen molar-refractivity contribution in [2.45, 2.75) is 34.1 Å². The second-order valence-corrected chi connectivity index (χ2v) is 3.45. The summed E-state index contributed by atoms with van der Waals surface area (Å²) >= 11 is 0. The fraction of sp³-hybridized carbons (Fsp3) is 0.778. The van der Waals surface area contributed by atoms with Crippen LogP contribution in [0.2, 0.25) is 0 Å². The van der Waals surface area contributed by atoms with Crippen molar-refractivity contribution >= 4 is 11.6 Å². The van der Waals surface area contributed by atoms with Gasteiger partial charge in [-0.05, 0) is 12.3 Å². The van der Waals surface area contributed by atoms with Crippen LogP contribution in [0.4, 0.5) is 0 Å². The minimum absolute atomic E-state index is 0.104. The molecule has 2 heteroatoms. The highest BCUT2D eigenvalue weighted by Gasteiger charge is 2.17. The van der Waals surface area contributed by atoms with Crippen LogP contribution in [0.1, 0.15) is 34.1 Å². The Labute approximate surface area is 68.0 Å². The highest BCUT2D eigenvalue weighted by Crippen LogP contribution is 2.11. The monoisotopic (exact) mass is 156 g/mol. The van der Waals surface area contributed by atoms with Crippen LogP contribution < -0.4 is 0 Å². The molecule has 0 aliphatic carbocycles. The maximum absolute atomic E-state index is 11.0. The molecule has 0 aliphatic heterocycles. The first-order chi connectivity index (χ1) is 4.95. The molecule has 0 aromatic rings. The predicted molar refractivity (Wildman–Crippen MR) is 44.3 cm³/mol. The number of hydrogen-bond acceptors (Lipinski definition) is 2. The van der Waals surface area contributed by atoms with Crippen LogP contribution in [0.3, 0.4) is 0 Å². The van der Waals surface area contributed by atoms with Gasteiger partial charge in [-0.1, -0.05) is 20.8 Å². The second kappa shape index (κ2) is 4.27. The molecule has 1 atom stereocenters. The first-order valence-electron chi connectivity index (χ1n) is 4.00. The molecule has 0 bridgehead atoms. The van der Waals surface area contributed by atoms with Crippen molar-refractivity contribution in [1.82, 2.24) is 0 Å². The Morgan fingerprint density at radius 3 is 1.91 bits per heavy atom. The van der Waals surface area contributed by atoms with Gasteiger partial charge in [0.15, 0.2) is 5.78 Å². The van der Waals surface area contributed by atoms with Gasteiger partial charge in [-0.25, -0.2) is 0 Å². The van der Waals surface area contributed by atoms with Crippen molar-refractivity contribution in [3.8, 4) is 0 Å². The number of carbonyl (C=O) groups excluding carboxylic acids is 2. The molecule has 0 aliphatic rings. The standard InChI is InChI=1S/C9H16O2/c1-6(2)5-7(3)9(11)8(4)10/h6-7H,5H2,1-4H3. The molecule has 0 fully saturated rings. The SMILES string of the molecule is CC(=O)C(=O)C(C)CC(C)C. The quantitative estimate of drug-likeness (QED) is 0.582. The Morgan fingerprint density at radius 2 is 1.64 bits per heavy atom. The van der Waals surface area contributed by atoms with Crippen LogP contribution in [0.15, 0.2) is 0 Å². The third-order valence-electron chi connectivity index (χ3n) is 1.62. The number of hydrogen-bond donors (Lipinski definition) is 0. The van der Waals surface area contributed by atoms with E-state index in [2.05, 4.69) is 0 Å². The molecule has 0 spiro atoms. The Bertz CT molecular complexity index is 159. The maximum Gasteiger partial charge on any atom is 0.200 e. The lowest BCUT2D eigenvalue weighted by atomic mass is 9.93. The van der Waals surface area contributed by atoms with E-state index >= 15 is 0 Å². The summed E-state index contributed by atoms with van der Waals surface area (Å²) in [5.74, 6) is -0.183. The Hall–Kier alpha value is -0.660. The van der Waals surface area contributed by atoms with E-state index in [9.17, 15) is 9.59 Å². The average molecular weight is 156 g/mol. The van der Waals surface area contributed by atoms with Crippen LogP contribution >= 0.6 is 0 Å². The normalized spacial score (nSPS) is 13.2. The first-order valence-corrected chi connectivity index (χ1v) is 4.00. The zero-order valence-corrected chi connectivity index (χ0v) is 7.68. The molecule has 1 unspecified atom stereocenters. The maximum atomic E-state index is 11.0. The molecule has 0 radical (unpaired) electrons. The molecule has 0 saturated carbocycles. The fourth-order valence-electron chi connectivity index (χ4n) is 1.16. The highest BCUT2D eigenvalue weighted by atomic mass is 16.2. The smallest absolute Gasteiger partial charge is 0.200 e. The molecule has 0 heterocycles. The predicted octanol–water partition coefficient (Wildman–Crippen LogP) is 1.83. The van der Waals surface area contributed by atoms with Gasteiger partial charge in [0, 0.05) is 12.8 Å². The van der Waals surface area contributed by atoms with Crippen LogP contribution in [-0.4, -0.2) is 11.6 Å². The number of carbonyl (C=O) groups is 2. The number of Topliss-reactive ketones (excluding diaryl/α,β-unsaturated/α-hetero) is 2. The summed E-state index contributed by atoms with van der Waals surface area (Å²) < 4.78 is 0. The van der Waals surface area contributed by atoms with Crippen molar-refractivity contribution in [3.05, 3.63) is 0 Å². The Morgan fingerprint density at radius 1 is 1.18 bits per heavy atom. The lowest BCUT2D eigenvalue weighted by Crippen LogP contribution is -2.20. The van der Waals surface area contributed by atoms with Crippen LogP contribution in [0.25, 0.3) is 0 Å². The highest BCUT2D eigenvalue weighted by molar-refractivity contribution is 6.36. The minimum atomic E-state index is -0.321. The lowest BCUT2D eigenvalue weighted by Gasteiger charge is -2.09. The van der Waals surface area contributed by atoms with Gasteiger partial charge >= 0.3 is 0 Å². The molecular formula is C9H16O2. The van der Waals surface area contributed by atoms with Crippen molar-refractivity contribution < 1.29 is 9.59 Å². The van der Waals surface area contributed by atoms with E-state index in [1.165, 1.54) is 6.92 Å². The summed E-state index contributed by atoms with van der Waals surface area (Å²) in [5.41, 5.74) is 0. The van der Waals surface area contributed by atoms with E-state index in [1.54, 1.807) is 0 Å². The lowest BCUT2D eigenvalue weighted by molar-refractivity contribution is -0.137. The van der Waals surface area contributed by atoms with Crippen LogP contribution in [0.5, 0.6) is 0 Å². The topological polar surface area (TPSA) is 34.1 Å². The zero-order valence-electron chi connectivity index (χ0n) is 7.68. The van der Waals surface area contributed by atoms with Gasteiger partial charge in [0.05, 0.1) is 0 Å². The van der Waals surface area contributed by atoms with Gasteiger partial charge in [0.1, 0.15) is 0 Å². The summed E-state index contributed by atoms with van der Waals surface area (Å²) in [6.07, 6.45) is 0.804. The molecule has 0 aromatic heterocycles. The molecular weight excluding hydrogens is 140 g/mol. The summed E-state index contributed by atoms with van der Waals surface area (Å²) in [7, 11) is 0. The molecule has 11 heavy (non-hydrogen) atoms. The Balaban J connectivity index is 3.93. The summed E-state index contributed by atoms with van der Waals surface area (Å²) in [4.78, 5) is 21.6. The van der Waals surface area contributed by atoms with E-state index in [1.807, 2.05) is 20.8 Å². The van der Waals surface area contributed by atoms with Gasteiger partial charge in [-0.15, -0.1) is 0 Å². The molecule has 2 nitrogen and oxygen atoms in total. The van der Waals surface area contributed by atoms with Gasteiger partial charge < -0.3 is 0 Å². The van der Waals surface area contributed by atoms with E-state index in [4.69, 9.17) is 0 Å². The van der Waals surface area contributed by atoms with Crippen molar-refractivity contribution in [2.75, 3.05) is 0 Å². The molecule has 0 rings (SSSR count). The zero-order chi connectivity index (χ0) is 9.02. The van der Waals surface area contributed by atoms with Gasteiger partial charge in [0.25, 0.3) is 0 Å². The van der Waals surface area contributed by atoms with Crippen LogP contribution in [0, 0.1) is 11.8 Å². The van der Waals surface area contributed by atoms with Crippen molar-refractivity contribution in [2.24, 2.45) is 11.8 Å².